The maximum absolute atomic E-state index is 9.34. The molecule has 100 valence electrons. The lowest BCUT2D eigenvalue weighted by molar-refractivity contribution is 0.236. The van der Waals surface area contributed by atoms with Gasteiger partial charge in [-0.15, -0.1) is 0 Å². The predicted molar refractivity (Wildman–Crippen MR) is 77.8 cm³/mol. The molecule has 19 heavy (non-hydrogen) atoms. The number of nitrogens with zero attached hydrogens (tertiary/aromatic N) is 2. The molecule has 0 saturated heterocycles. The zero-order valence-electron chi connectivity index (χ0n) is 12.2. The smallest absolute Gasteiger partial charge is 0.194 e. The molecule has 0 aromatic heterocycles. The van der Waals surface area contributed by atoms with Crippen molar-refractivity contribution in [3.05, 3.63) is 35.4 Å². The van der Waals surface area contributed by atoms with E-state index in [0.717, 1.165) is 5.56 Å². The molecule has 0 bridgehead atoms. The van der Waals surface area contributed by atoms with Gasteiger partial charge in [0.15, 0.2) is 14.4 Å². The standard InChI is InChI=1S/C15H20N2OSi/c1-15(2,3)19(4,5)18-14(11-17)13-8-6-7-12(9-13)10-16/h6-9,14H,1-5H3. The Morgan fingerprint density at radius 2 is 1.84 bits per heavy atom. The molecule has 4 heteroatoms. The number of hydrogen-bond donors (Lipinski definition) is 0. The minimum absolute atomic E-state index is 0.0505. The van der Waals surface area contributed by atoms with Crippen molar-refractivity contribution in [3.8, 4) is 12.1 Å². The van der Waals surface area contributed by atoms with Crippen molar-refractivity contribution in [2.24, 2.45) is 0 Å². The summed E-state index contributed by atoms with van der Waals surface area (Å²) in [5.74, 6) is 0. The van der Waals surface area contributed by atoms with Crippen molar-refractivity contribution < 1.29 is 4.43 Å². The second kappa shape index (κ2) is 5.57. The molecular formula is C15H20N2OSi. The van der Waals surface area contributed by atoms with Gasteiger partial charge in [-0.05, 0) is 35.8 Å². The monoisotopic (exact) mass is 272 g/mol. The maximum Gasteiger partial charge on any atom is 0.194 e. The maximum atomic E-state index is 9.34. The van der Waals surface area contributed by atoms with E-state index >= 15 is 0 Å². The molecule has 0 N–H and O–H groups in total. The normalized spacial score (nSPS) is 13.4. The lowest BCUT2D eigenvalue weighted by atomic mass is 10.1. The Kier molecular flexibility index (Phi) is 4.52. The van der Waals surface area contributed by atoms with Gasteiger partial charge in [-0.3, -0.25) is 0 Å². The van der Waals surface area contributed by atoms with E-state index < -0.39 is 14.4 Å². The predicted octanol–water partition coefficient (Wildman–Crippen LogP) is 4.14. The summed E-state index contributed by atoms with van der Waals surface area (Å²) < 4.78 is 6.11. The van der Waals surface area contributed by atoms with Gasteiger partial charge < -0.3 is 4.43 Å². The first-order valence-electron chi connectivity index (χ1n) is 6.29. The highest BCUT2D eigenvalue weighted by Gasteiger charge is 2.39. The Labute approximate surface area is 116 Å². The summed E-state index contributed by atoms with van der Waals surface area (Å²) in [5.41, 5.74) is 1.31. The molecule has 3 nitrogen and oxygen atoms in total. The molecule has 1 aromatic rings. The third kappa shape index (κ3) is 3.67. The first-order chi connectivity index (χ1) is 8.71. The SMILES string of the molecule is CC(C)(C)[Si](C)(C)OC(C#N)c1cccc(C#N)c1. The van der Waals surface area contributed by atoms with Crippen LogP contribution in [0.4, 0.5) is 0 Å². The molecule has 1 rings (SSSR count). The van der Waals surface area contributed by atoms with Crippen molar-refractivity contribution in [2.45, 2.75) is 45.0 Å². The number of nitriles is 2. The number of rotatable bonds is 3. The van der Waals surface area contributed by atoms with Crippen LogP contribution in [0.25, 0.3) is 0 Å². The molecule has 0 heterocycles. The first kappa shape index (κ1) is 15.4. The van der Waals surface area contributed by atoms with Crippen LogP contribution in [0.3, 0.4) is 0 Å². The Morgan fingerprint density at radius 1 is 1.21 bits per heavy atom. The highest BCUT2D eigenvalue weighted by atomic mass is 28.4. The summed E-state index contributed by atoms with van der Waals surface area (Å²) in [4.78, 5) is 0. The molecule has 1 atom stereocenters. The molecule has 0 amide bonds. The molecule has 0 saturated carbocycles. The fourth-order valence-corrected chi connectivity index (χ4v) is 2.54. The van der Waals surface area contributed by atoms with Gasteiger partial charge in [-0.25, -0.2) is 0 Å². The Bertz CT molecular complexity index is 532. The Hall–Kier alpha value is -1.62. The van der Waals surface area contributed by atoms with Crippen LogP contribution in [0.2, 0.25) is 18.1 Å². The van der Waals surface area contributed by atoms with E-state index in [1.165, 1.54) is 0 Å². The molecule has 0 aliphatic carbocycles. The van der Waals surface area contributed by atoms with Crippen molar-refractivity contribution in [1.82, 2.24) is 0 Å². The number of benzene rings is 1. The molecule has 0 radical (unpaired) electrons. The average Bonchev–Trinajstić information content (AvgIpc) is 2.34. The fraction of sp³-hybridized carbons (Fsp3) is 0.467. The average molecular weight is 272 g/mol. The highest BCUT2D eigenvalue weighted by Crippen LogP contribution is 2.39. The van der Waals surface area contributed by atoms with Crippen LogP contribution in [-0.4, -0.2) is 8.32 Å². The highest BCUT2D eigenvalue weighted by molar-refractivity contribution is 6.74. The van der Waals surface area contributed by atoms with Gasteiger partial charge >= 0.3 is 0 Å². The van der Waals surface area contributed by atoms with E-state index in [0.29, 0.717) is 5.56 Å². The van der Waals surface area contributed by atoms with E-state index in [2.05, 4.69) is 46.0 Å². The molecular weight excluding hydrogens is 252 g/mol. The largest absolute Gasteiger partial charge is 0.398 e. The van der Waals surface area contributed by atoms with Crippen LogP contribution >= 0.6 is 0 Å². The summed E-state index contributed by atoms with van der Waals surface area (Å²) in [7, 11) is -2.00. The molecule has 0 spiro atoms. The van der Waals surface area contributed by atoms with Crippen LogP contribution in [0.15, 0.2) is 24.3 Å². The van der Waals surface area contributed by atoms with Crippen LogP contribution in [0, 0.1) is 22.7 Å². The fourth-order valence-electron chi connectivity index (χ4n) is 1.41. The van der Waals surface area contributed by atoms with Crippen molar-refractivity contribution in [3.63, 3.8) is 0 Å². The van der Waals surface area contributed by atoms with Gasteiger partial charge in [-0.1, -0.05) is 32.9 Å². The summed E-state index contributed by atoms with van der Waals surface area (Å²) in [6.45, 7) is 10.6. The van der Waals surface area contributed by atoms with E-state index in [1.807, 2.05) is 6.07 Å². The van der Waals surface area contributed by atoms with Gasteiger partial charge in [0.25, 0.3) is 0 Å². The first-order valence-corrected chi connectivity index (χ1v) is 9.19. The van der Waals surface area contributed by atoms with Crippen LogP contribution in [-0.2, 0) is 4.43 Å². The van der Waals surface area contributed by atoms with E-state index in [-0.39, 0.29) is 5.04 Å². The van der Waals surface area contributed by atoms with Crippen molar-refractivity contribution >= 4 is 8.32 Å². The van der Waals surface area contributed by atoms with Crippen molar-refractivity contribution in [1.29, 1.82) is 10.5 Å². The van der Waals surface area contributed by atoms with E-state index in [9.17, 15) is 5.26 Å². The second-order valence-corrected chi connectivity index (χ2v) is 10.9. The van der Waals surface area contributed by atoms with Gasteiger partial charge in [-0.2, -0.15) is 10.5 Å². The molecule has 0 aliphatic heterocycles. The van der Waals surface area contributed by atoms with E-state index in [1.54, 1.807) is 18.2 Å². The summed E-state index contributed by atoms with van der Waals surface area (Å²) in [6.07, 6.45) is -0.603. The molecule has 1 unspecified atom stereocenters. The minimum atomic E-state index is -2.00. The van der Waals surface area contributed by atoms with Crippen LogP contribution in [0.1, 0.15) is 38.0 Å². The minimum Gasteiger partial charge on any atom is -0.398 e. The third-order valence-electron chi connectivity index (χ3n) is 3.65. The summed E-state index contributed by atoms with van der Waals surface area (Å²) in [6, 6.07) is 11.4. The van der Waals surface area contributed by atoms with Crippen LogP contribution in [0.5, 0.6) is 0 Å². The van der Waals surface area contributed by atoms with Gasteiger partial charge in [0.05, 0.1) is 17.7 Å². The summed E-state index contributed by atoms with van der Waals surface area (Å²) in [5, 5.41) is 18.3. The van der Waals surface area contributed by atoms with Crippen molar-refractivity contribution in [2.75, 3.05) is 0 Å². The second-order valence-electron chi connectivity index (χ2n) is 6.12. The zero-order valence-corrected chi connectivity index (χ0v) is 13.2. The Balaban J connectivity index is 3.04. The lowest BCUT2D eigenvalue weighted by Gasteiger charge is -2.37. The quantitative estimate of drug-likeness (QED) is 0.777. The van der Waals surface area contributed by atoms with Crippen LogP contribution < -0.4 is 0 Å². The van der Waals surface area contributed by atoms with E-state index in [4.69, 9.17) is 9.69 Å². The van der Waals surface area contributed by atoms with Gasteiger partial charge in [0.2, 0.25) is 0 Å². The molecule has 1 aromatic carbocycles. The topological polar surface area (TPSA) is 56.8 Å². The molecule has 0 aliphatic rings. The third-order valence-corrected chi connectivity index (χ3v) is 8.09. The Morgan fingerprint density at radius 3 is 2.32 bits per heavy atom. The number of hydrogen-bond acceptors (Lipinski definition) is 3. The van der Waals surface area contributed by atoms with Gasteiger partial charge in [0, 0.05) is 0 Å². The molecule has 0 fully saturated rings. The lowest BCUT2D eigenvalue weighted by Crippen LogP contribution is -2.41. The zero-order chi connectivity index (χ0) is 14.7. The summed E-state index contributed by atoms with van der Waals surface area (Å²) >= 11 is 0. The van der Waals surface area contributed by atoms with Gasteiger partial charge in [0.1, 0.15) is 0 Å².